The lowest BCUT2D eigenvalue weighted by Crippen LogP contribution is -2.43. The number of carbonyl (C=O) groups is 3. The molecule has 1 aromatic heterocycles. The van der Waals surface area contributed by atoms with E-state index in [2.05, 4.69) is 33.1 Å². The number of aromatic nitrogens is 1. The van der Waals surface area contributed by atoms with Gasteiger partial charge in [-0.15, -0.1) is 0 Å². The summed E-state index contributed by atoms with van der Waals surface area (Å²) in [6.07, 6.45) is 4.26. The molecule has 172 valence electrons. The van der Waals surface area contributed by atoms with Crippen LogP contribution in [0, 0.1) is 5.92 Å². The summed E-state index contributed by atoms with van der Waals surface area (Å²) in [5.74, 6) is -0.154. The smallest absolute Gasteiger partial charge is 0.407 e. The van der Waals surface area contributed by atoms with Gasteiger partial charge in [-0.3, -0.25) is 4.79 Å². The molecule has 0 bridgehead atoms. The van der Waals surface area contributed by atoms with Crippen LogP contribution in [0.4, 0.5) is 10.6 Å². The number of carboxylic acids is 1. The van der Waals surface area contributed by atoms with Gasteiger partial charge in [-0.05, 0) is 56.1 Å². The van der Waals surface area contributed by atoms with Crippen LogP contribution in [0.15, 0.2) is 12.1 Å². The molecule has 0 aromatic carbocycles. The van der Waals surface area contributed by atoms with E-state index in [1.807, 2.05) is 13.8 Å². The van der Waals surface area contributed by atoms with Crippen LogP contribution in [-0.2, 0) is 27.2 Å². The molecule has 0 radical (unpaired) electrons. The van der Waals surface area contributed by atoms with Crippen molar-refractivity contribution in [3.8, 4) is 0 Å². The molecular formula is C22H34N4O5. The van der Waals surface area contributed by atoms with E-state index in [1.54, 1.807) is 0 Å². The van der Waals surface area contributed by atoms with E-state index in [9.17, 15) is 19.5 Å². The van der Waals surface area contributed by atoms with Gasteiger partial charge >= 0.3 is 12.1 Å². The number of rotatable bonds is 12. The second kappa shape index (κ2) is 12.8. The lowest BCUT2D eigenvalue weighted by Gasteiger charge is -2.17. The van der Waals surface area contributed by atoms with E-state index >= 15 is 0 Å². The Labute approximate surface area is 183 Å². The van der Waals surface area contributed by atoms with E-state index < -0.39 is 18.1 Å². The Morgan fingerprint density at radius 1 is 1.26 bits per heavy atom. The van der Waals surface area contributed by atoms with Gasteiger partial charge in [0, 0.05) is 25.2 Å². The number of hydrogen-bond acceptors (Lipinski definition) is 6. The third-order valence-corrected chi connectivity index (χ3v) is 4.93. The Kier molecular flexibility index (Phi) is 10.1. The highest BCUT2D eigenvalue weighted by atomic mass is 16.5. The first-order valence-electron chi connectivity index (χ1n) is 11.0. The predicted molar refractivity (Wildman–Crippen MR) is 117 cm³/mol. The van der Waals surface area contributed by atoms with Gasteiger partial charge in [0.15, 0.2) is 0 Å². The number of amides is 2. The van der Waals surface area contributed by atoms with Crippen molar-refractivity contribution in [1.82, 2.24) is 15.6 Å². The fraction of sp³-hybridized carbons (Fsp3) is 0.636. The average Bonchev–Trinajstić information content (AvgIpc) is 2.74. The van der Waals surface area contributed by atoms with Crippen molar-refractivity contribution in [2.75, 3.05) is 25.0 Å². The van der Waals surface area contributed by atoms with E-state index in [-0.39, 0.29) is 31.4 Å². The fourth-order valence-corrected chi connectivity index (χ4v) is 3.23. The number of unbranched alkanes of at least 4 members (excludes halogenated alkanes) is 1. The molecule has 0 saturated carbocycles. The molecule has 0 fully saturated rings. The maximum atomic E-state index is 12.0. The van der Waals surface area contributed by atoms with Crippen molar-refractivity contribution in [3.05, 3.63) is 23.4 Å². The molecule has 9 nitrogen and oxygen atoms in total. The van der Waals surface area contributed by atoms with Gasteiger partial charge < -0.3 is 25.8 Å². The van der Waals surface area contributed by atoms with Crippen molar-refractivity contribution in [3.63, 3.8) is 0 Å². The van der Waals surface area contributed by atoms with E-state index in [1.165, 1.54) is 5.56 Å². The fourth-order valence-electron chi connectivity index (χ4n) is 3.23. The third kappa shape index (κ3) is 9.23. The molecule has 0 saturated heterocycles. The summed E-state index contributed by atoms with van der Waals surface area (Å²) in [5, 5.41) is 17.6. The summed E-state index contributed by atoms with van der Waals surface area (Å²) >= 11 is 0. The molecule has 2 amide bonds. The van der Waals surface area contributed by atoms with E-state index in [4.69, 9.17) is 4.74 Å². The number of carbonyl (C=O) groups excluding carboxylic acids is 2. The van der Waals surface area contributed by atoms with Gasteiger partial charge in [0.25, 0.3) is 0 Å². The van der Waals surface area contributed by atoms with Gasteiger partial charge in [-0.25, -0.2) is 14.6 Å². The Hall–Kier alpha value is -2.84. The second-order valence-corrected chi connectivity index (χ2v) is 8.21. The zero-order valence-corrected chi connectivity index (χ0v) is 18.4. The van der Waals surface area contributed by atoms with Crippen LogP contribution in [0.25, 0.3) is 0 Å². The summed E-state index contributed by atoms with van der Waals surface area (Å²) in [7, 11) is 0. The minimum atomic E-state index is -1.16. The summed E-state index contributed by atoms with van der Waals surface area (Å²) < 4.78 is 4.93. The lowest BCUT2D eigenvalue weighted by atomic mass is 10.1. The number of aryl methyl sites for hydroxylation is 2. The Bertz CT molecular complexity index is 753. The van der Waals surface area contributed by atoms with Gasteiger partial charge in [-0.1, -0.05) is 19.9 Å². The van der Waals surface area contributed by atoms with Crippen LogP contribution < -0.4 is 16.0 Å². The molecule has 1 aliphatic heterocycles. The molecule has 2 heterocycles. The summed E-state index contributed by atoms with van der Waals surface area (Å²) in [5.41, 5.74) is 2.28. The minimum absolute atomic E-state index is 0.0872. The highest BCUT2D eigenvalue weighted by Gasteiger charge is 2.20. The first kappa shape index (κ1) is 24.4. The topological polar surface area (TPSA) is 130 Å². The number of carboxylic acid groups (broad SMARTS) is 1. The molecule has 4 N–H and O–H groups in total. The molecular weight excluding hydrogens is 400 g/mol. The number of anilines is 1. The highest BCUT2D eigenvalue weighted by molar-refractivity contribution is 5.80. The summed E-state index contributed by atoms with van der Waals surface area (Å²) in [4.78, 5) is 39.6. The van der Waals surface area contributed by atoms with E-state index in [0.29, 0.717) is 6.42 Å². The standard InChI is InChI=1S/C22H34N4O5/c1-15(2)14-31-22(30)26-18(21(28)29)11-13-23-19(27)8-4-3-7-17-10-9-16-6-5-12-24-20(16)25-17/h9-10,15,18H,3-8,11-14H2,1-2H3,(H,23,27)(H,24,25)(H,26,30)(H,28,29). The zero-order chi connectivity index (χ0) is 22.6. The van der Waals surface area contributed by atoms with Crippen molar-refractivity contribution < 1.29 is 24.2 Å². The largest absolute Gasteiger partial charge is 0.480 e. The number of nitrogens with one attached hydrogen (secondary N) is 3. The molecule has 31 heavy (non-hydrogen) atoms. The van der Waals surface area contributed by atoms with Gasteiger partial charge in [0.05, 0.1) is 6.61 Å². The third-order valence-electron chi connectivity index (χ3n) is 4.93. The molecule has 1 aromatic rings. The Morgan fingerprint density at radius 2 is 2.06 bits per heavy atom. The van der Waals surface area contributed by atoms with Crippen LogP contribution in [0.1, 0.15) is 57.2 Å². The van der Waals surface area contributed by atoms with Gasteiger partial charge in [-0.2, -0.15) is 0 Å². The second-order valence-electron chi connectivity index (χ2n) is 8.21. The van der Waals surface area contributed by atoms with Crippen LogP contribution >= 0.6 is 0 Å². The maximum absolute atomic E-state index is 12.0. The first-order chi connectivity index (χ1) is 14.8. The van der Waals surface area contributed by atoms with Crippen molar-refractivity contribution in [1.29, 1.82) is 0 Å². The van der Waals surface area contributed by atoms with Crippen LogP contribution in [0.5, 0.6) is 0 Å². The number of alkyl carbamates (subject to hydrolysis) is 1. The summed E-state index contributed by atoms with van der Waals surface area (Å²) in [6.45, 7) is 5.11. The molecule has 2 rings (SSSR count). The van der Waals surface area contributed by atoms with Gasteiger partial charge in [0.2, 0.25) is 5.91 Å². The quantitative estimate of drug-likeness (QED) is 0.372. The first-order valence-corrected chi connectivity index (χ1v) is 11.0. The molecule has 1 unspecified atom stereocenters. The van der Waals surface area contributed by atoms with Crippen molar-refractivity contribution >= 4 is 23.8 Å². The van der Waals surface area contributed by atoms with Crippen LogP contribution in [0.3, 0.4) is 0 Å². The minimum Gasteiger partial charge on any atom is -0.480 e. The number of fused-ring (bicyclic) bond motifs is 1. The predicted octanol–water partition coefficient (Wildman–Crippen LogP) is 2.49. The zero-order valence-electron chi connectivity index (χ0n) is 18.4. The molecule has 9 heteroatoms. The monoisotopic (exact) mass is 434 g/mol. The van der Waals surface area contributed by atoms with Crippen molar-refractivity contribution in [2.24, 2.45) is 5.92 Å². The number of ether oxygens (including phenoxy) is 1. The van der Waals surface area contributed by atoms with Crippen LogP contribution in [0.2, 0.25) is 0 Å². The summed E-state index contributed by atoms with van der Waals surface area (Å²) in [6, 6.07) is 3.07. The number of hydrogen-bond donors (Lipinski definition) is 4. The number of pyridine rings is 1. The van der Waals surface area contributed by atoms with Gasteiger partial charge in [0.1, 0.15) is 11.9 Å². The number of aliphatic carboxylic acids is 1. The number of nitrogens with zero attached hydrogens (tertiary/aromatic N) is 1. The van der Waals surface area contributed by atoms with E-state index in [0.717, 1.165) is 50.2 Å². The molecule has 1 aliphatic rings. The Morgan fingerprint density at radius 3 is 2.81 bits per heavy atom. The molecule has 1 atom stereocenters. The van der Waals surface area contributed by atoms with Crippen LogP contribution in [-0.4, -0.2) is 53.8 Å². The molecule has 0 aliphatic carbocycles. The Balaban J connectivity index is 1.61. The van der Waals surface area contributed by atoms with Crippen molar-refractivity contribution in [2.45, 2.75) is 64.8 Å². The normalized spacial score (nSPS) is 13.6. The average molecular weight is 435 g/mol. The lowest BCUT2D eigenvalue weighted by molar-refractivity contribution is -0.139. The maximum Gasteiger partial charge on any atom is 0.407 e. The molecule has 0 spiro atoms. The SMILES string of the molecule is CC(C)COC(=O)NC(CCNC(=O)CCCCc1ccc2c(n1)NCCC2)C(=O)O. The highest BCUT2D eigenvalue weighted by Crippen LogP contribution is 2.20.